The van der Waals surface area contributed by atoms with Crippen LogP contribution >= 0.6 is 0 Å². The summed E-state index contributed by atoms with van der Waals surface area (Å²) in [6.07, 6.45) is 1.49. The number of rotatable bonds is 6. The van der Waals surface area contributed by atoms with Crippen molar-refractivity contribution in [1.82, 2.24) is 15.5 Å². The summed E-state index contributed by atoms with van der Waals surface area (Å²) < 4.78 is 18.6. The summed E-state index contributed by atoms with van der Waals surface area (Å²) in [5.74, 6) is 0.769. The Bertz CT molecular complexity index is 662. The minimum absolute atomic E-state index is 0.121. The highest BCUT2D eigenvalue weighted by Crippen LogP contribution is 2.18. The number of aryl methyl sites for hydroxylation is 1. The van der Waals surface area contributed by atoms with Gasteiger partial charge in [-0.15, -0.1) is 0 Å². The van der Waals surface area contributed by atoms with E-state index in [1.165, 1.54) is 6.07 Å². The average Bonchev–Trinajstić information content (AvgIpc) is 2.95. The third-order valence-electron chi connectivity index (χ3n) is 3.37. The first-order valence-corrected chi connectivity index (χ1v) is 7.69. The van der Waals surface area contributed by atoms with Crippen molar-refractivity contribution < 1.29 is 13.7 Å². The quantitative estimate of drug-likeness (QED) is 0.888. The molecule has 0 fully saturated rings. The van der Waals surface area contributed by atoms with Gasteiger partial charge in [0.25, 0.3) is 0 Å². The molecular weight excluding hydrogens is 297 g/mol. The van der Waals surface area contributed by atoms with Crippen molar-refractivity contribution >= 4 is 5.91 Å². The Hall–Kier alpha value is -2.24. The summed E-state index contributed by atoms with van der Waals surface area (Å²) in [5, 5.41) is 6.65. The average molecular weight is 319 g/mol. The Morgan fingerprint density at radius 1 is 1.30 bits per heavy atom. The number of nitrogens with zero attached hydrogens (tertiary/aromatic N) is 2. The van der Waals surface area contributed by atoms with Crippen LogP contribution in [0.4, 0.5) is 4.39 Å². The van der Waals surface area contributed by atoms with E-state index >= 15 is 0 Å². The molecule has 1 aromatic carbocycles. The van der Waals surface area contributed by atoms with Crippen LogP contribution in [0, 0.1) is 5.82 Å². The van der Waals surface area contributed by atoms with Gasteiger partial charge in [0.1, 0.15) is 5.82 Å². The Morgan fingerprint density at radius 2 is 2.04 bits per heavy atom. The highest BCUT2D eigenvalue weighted by atomic mass is 19.1. The van der Waals surface area contributed by atoms with E-state index in [-0.39, 0.29) is 23.7 Å². The fraction of sp³-hybridized carbons (Fsp3) is 0.471. The molecule has 1 aromatic heterocycles. The number of carbonyl (C=O) groups excluding carboxylic acids is 1. The van der Waals surface area contributed by atoms with E-state index in [0.29, 0.717) is 36.5 Å². The van der Waals surface area contributed by atoms with Gasteiger partial charge in [0, 0.05) is 30.4 Å². The second-order valence-electron chi connectivity index (χ2n) is 6.48. The molecule has 0 spiro atoms. The molecule has 0 bridgehead atoms. The van der Waals surface area contributed by atoms with Gasteiger partial charge in [-0.2, -0.15) is 4.98 Å². The number of amides is 1. The minimum Gasteiger partial charge on any atom is -0.352 e. The number of hydrogen-bond acceptors (Lipinski definition) is 4. The molecule has 2 aromatic rings. The van der Waals surface area contributed by atoms with Crippen molar-refractivity contribution in [2.75, 3.05) is 0 Å². The molecule has 0 radical (unpaired) electrons. The third-order valence-corrected chi connectivity index (χ3v) is 3.37. The van der Waals surface area contributed by atoms with Gasteiger partial charge in [-0.1, -0.05) is 44.1 Å². The van der Waals surface area contributed by atoms with Crippen LogP contribution in [0.5, 0.6) is 0 Å². The normalized spacial score (nSPS) is 11.5. The molecule has 0 saturated heterocycles. The van der Waals surface area contributed by atoms with Crippen molar-refractivity contribution in [1.29, 1.82) is 0 Å². The van der Waals surface area contributed by atoms with Crippen molar-refractivity contribution in [2.45, 2.75) is 52.0 Å². The van der Waals surface area contributed by atoms with Crippen molar-refractivity contribution in [3.05, 3.63) is 47.4 Å². The van der Waals surface area contributed by atoms with Crippen LogP contribution in [0.2, 0.25) is 0 Å². The van der Waals surface area contributed by atoms with E-state index in [1.54, 1.807) is 18.2 Å². The zero-order valence-corrected chi connectivity index (χ0v) is 13.7. The molecular formula is C17H22FN3O2. The standard InChI is InChI=1S/C17H22FN3O2/c1-17(2,3)16-20-15(23-21-16)10-6-9-14(22)19-11-12-7-4-5-8-13(12)18/h4-5,7-8H,6,9-11H2,1-3H3,(H,19,22). The number of benzene rings is 1. The molecule has 1 N–H and O–H groups in total. The summed E-state index contributed by atoms with van der Waals surface area (Å²) >= 11 is 0. The molecule has 1 amide bonds. The van der Waals surface area contributed by atoms with E-state index in [2.05, 4.69) is 15.5 Å². The maximum atomic E-state index is 13.4. The number of aromatic nitrogens is 2. The fourth-order valence-corrected chi connectivity index (χ4v) is 1.99. The Labute approximate surface area is 135 Å². The first-order chi connectivity index (χ1) is 10.9. The van der Waals surface area contributed by atoms with Gasteiger partial charge >= 0.3 is 0 Å². The fourth-order valence-electron chi connectivity index (χ4n) is 1.99. The Kier molecular flexibility index (Phi) is 5.47. The Balaban J connectivity index is 1.73. The van der Waals surface area contributed by atoms with E-state index < -0.39 is 0 Å². The lowest BCUT2D eigenvalue weighted by Gasteiger charge is -2.10. The second kappa shape index (κ2) is 7.35. The highest BCUT2D eigenvalue weighted by molar-refractivity contribution is 5.75. The van der Waals surface area contributed by atoms with E-state index in [1.807, 2.05) is 20.8 Å². The van der Waals surface area contributed by atoms with Crippen LogP contribution in [-0.2, 0) is 23.2 Å². The van der Waals surface area contributed by atoms with Gasteiger partial charge in [0.05, 0.1) is 0 Å². The van der Waals surface area contributed by atoms with Gasteiger partial charge in [-0.05, 0) is 12.5 Å². The minimum atomic E-state index is -0.312. The van der Waals surface area contributed by atoms with Crippen LogP contribution in [0.1, 0.15) is 50.9 Å². The summed E-state index contributed by atoms with van der Waals surface area (Å²) in [6, 6.07) is 6.40. The maximum Gasteiger partial charge on any atom is 0.226 e. The maximum absolute atomic E-state index is 13.4. The van der Waals surface area contributed by atoms with Crippen LogP contribution in [0.15, 0.2) is 28.8 Å². The zero-order chi connectivity index (χ0) is 16.9. The first kappa shape index (κ1) is 17.1. The number of halogens is 1. The van der Waals surface area contributed by atoms with Gasteiger partial charge in [-0.3, -0.25) is 4.79 Å². The third kappa shape index (κ3) is 5.16. The number of carbonyl (C=O) groups is 1. The van der Waals surface area contributed by atoms with Crippen LogP contribution < -0.4 is 5.32 Å². The molecule has 124 valence electrons. The van der Waals surface area contributed by atoms with E-state index in [4.69, 9.17) is 4.52 Å². The SMILES string of the molecule is CC(C)(C)c1noc(CCCC(=O)NCc2ccccc2F)n1. The highest BCUT2D eigenvalue weighted by Gasteiger charge is 2.20. The van der Waals surface area contributed by atoms with Crippen LogP contribution in [-0.4, -0.2) is 16.0 Å². The summed E-state index contributed by atoms with van der Waals surface area (Å²) in [5.41, 5.74) is 0.325. The van der Waals surface area contributed by atoms with Gasteiger partial charge in [0.2, 0.25) is 11.8 Å². The van der Waals surface area contributed by atoms with Crippen molar-refractivity contribution in [2.24, 2.45) is 0 Å². The molecule has 0 aliphatic heterocycles. The van der Waals surface area contributed by atoms with Crippen molar-refractivity contribution in [3.8, 4) is 0 Å². The molecule has 23 heavy (non-hydrogen) atoms. The first-order valence-electron chi connectivity index (χ1n) is 7.69. The van der Waals surface area contributed by atoms with Crippen molar-refractivity contribution in [3.63, 3.8) is 0 Å². The molecule has 5 nitrogen and oxygen atoms in total. The van der Waals surface area contributed by atoms with Gasteiger partial charge in [0.15, 0.2) is 5.82 Å². The summed E-state index contributed by atoms with van der Waals surface area (Å²) in [6.45, 7) is 6.23. The molecule has 2 rings (SSSR count). The van der Waals surface area contributed by atoms with E-state index in [9.17, 15) is 9.18 Å². The number of hydrogen-bond donors (Lipinski definition) is 1. The smallest absolute Gasteiger partial charge is 0.226 e. The predicted octanol–water partition coefficient (Wildman–Crippen LogP) is 3.15. The van der Waals surface area contributed by atoms with Gasteiger partial charge in [-0.25, -0.2) is 4.39 Å². The molecule has 0 atom stereocenters. The molecule has 6 heteroatoms. The molecule has 0 aliphatic carbocycles. The number of nitrogens with one attached hydrogen (secondary N) is 1. The van der Waals surface area contributed by atoms with Crippen LogP contribution in [0.25, 0.3) is 0 Å². The monoisotopic (exact) mass is 319 g/mol. The molecule has 0 aliphatic rings. The summed E-state index contributed by atoms with van der Waals surface area (Å²) in [7, 11) is 0. The van der Waals surface area contributed by atoms with Gasteiger partial charge < -0.3 is 9.84 Å². The van der Waals surface area contributed by atoms with Crippen LogP contribution in [0.3, 0.4) is 0 Å². The lowest BCUT2D eigenvalue weighted by Crippen LogP contribution is -2.23. The van der Waals surface area contributed by atoms with E-state index in [0.717, 1.165) is 0 Å². The summed E-state index contributed by atoms with van der Waals surface area (Å²) in [4.78, 5) is 16.1. The molecule has 0 saturated carbocycles. The molecule has 1 heterocycles. The lowest BCUT2D eigenvalue weighted by atomic mass is 9.96. The molecule has 0 unspecified atom stereocenters. The largest absolute Gasteiger partial charge is 0.352 e. The second-order valence-corrected chi connectivity index (χ2v) is 6.48. The Morgan fingerprint density at radius 3 is 2.70 bits per heavy atom. The zero-order valence-electron chi connectivity index (χ0n) is 13.7. The lowest BCUT2D eigenvalue weighted by molar-refractivity contribution is -0.121. The predicted molar refractivity (Wildman–Crippen MR) is 84.2 cm³/mol. The topological polar surface area (TPSA) is 68.0 Å².